The lowest BCUT2D eigenvalue weighted by Crippen LogP contribution is -2.10. The quantitative estimate of drug-likeness (QED) is 0.217. The van der Waals surface area contributed by atoms with E-state index >= 15 is 0 Å². The van der Waals surface area contributed by atoms with Crippen molar-refractivity contribution in [3.8, 4) is 28.3 Å². The molecule has 9 aromatic rings. The molecule has 1 unspecified atom stereocenters. The van der Waals surface area contributed by atoms with Gasteiger partial charge in [-0.25, -0.2) is 0 Å². The number of hydrogen-bond donors (Lipinski definition) is 1. The number of hydrogen-bond acceptors (Lipinski definition) is 2. The molecular weight excluding hydrogens is 574 g/mol. The summed E-state index contributed by atoms with van der Waals surface area (Å²) in [6.45, 7) is 0. The van der Waals surface area contributed by atoms with Crippen molar-refractivity contribution in [1.82, 2.24) is 9.13 Å². The maximum atomic E-state index is 6.78. The topological polar surface area (TPSA) is 31.1 Å². The van der Waals surface area contributed by atoms with Crippen molar-refractivity contribution < 1.29 is 4.74 Å². The molecule has 1 aliphatic heterocycles. The lowest BCUT2D eigenvalue weighted by Gasteiger charge is -2.14. The second kappa shape index (κ2) is 10.1. The Bertz CT molecular complexity index is 2630. The summed E-state index contributed by atoms with van der Waals surface area (Å²) in [5, 5.41) is 8.57. The molecule has 3 heterocycles. The van der Waals surface area contributed by atoms with Crippen molar-refractivity contribution in [2.75, 3.05) is 5.32 Å². The molecule has 0 saturated heterocycles. The van der Waals surface area contributed by atoms with Gasteiger partial charge in [-0.1, -0.05) is 97.1 Å². The van der Waals surface area contributed by atoms with E-state index in [1.807, 2.05) is 0 Å². The zero-order valence-electron chi connectivity index (χ0n) is 25.5. The summed E-state index contributed by atoms with van der Waals surface area (Å²) in [5.41, 5.74) is 11.4. The van der Waals surface area contributed by atoms with Gasteiger partial charge in [0.15, 0.2) is 12.0 Å². The van der Waals surface area contributed by atoms with Crippen molar-refractivity contribution in [2.45, 2.75) is 6.23 Å². The van der Waals surface area contributed by atoms with Crippen LogP contribution in [0.2, 0.25) is 0 Å². The highest BCUT2D eigenvalue weighted by atomic mass is 16.5. The summed E-state index contributed by atoms with van der Waals surface area (Å²) in [6.07, 6.45) is -0.293. The van der Waals surface area contributed by atoms with Crippen molar-refractivity contribution in [3.05, 3.63) is 169 Å². The van der Waals surface area contributed by atoms with Gasteiger partial charge in [0.05, 0.1) is 27.8 Å². The predicted molar refractivity (Wildman–Crippen MR) is 194 cm³/mol. The second-order valence-electron chi connectivity index (χ2n) is 12.2. The molecule has 0 amide bonds. The van der Waals surface area contributed by atoms with Crippen LogP contribution < -0.4 is 10.1 Å². The van der Waals surface area contributed by atoms with Crippen molar-refractivity contribution in [2.24, 2.45) is 0 Å². The number of benzene rings is 7. The Kier molecular flexibility index (Phi) is 5.60. The van der Waals surface area contributed by atoms with Gasteiger partial charge in [-0.15, -0.1) is 0 Å². The fraction of sp³-hybridized carbons (Fsp3) is 0.0233. The van der Waals surface area contributed by atoms with E-state index in [0.29, 0.717) is 0 Å². The molecule has 7 aromatic carbocycles. The van der Waals surface area contributed by atoms with Gasteiger partial charge in [-0.05, 0) is 72.3 Å². The average molecular weight is 604 g/mol. The summed E-state index contributed by atoms with van der Waals surface area (Å²) >= 11 is 0. The van der Waals surface area contributed by atoms with Crippen molar-refractivity contribution in [3.63, 3.8) is 0 Å². The monoisotopic (exact) mass is 603 g/mol. The third-order valence-electron chi connectivity index (χ3n) is 9.55. The van der Waals surface area contributed by atoms with Crippen LogP contribution in [-0.4, -0.2) is 9.13 Å². The number of nitrogens with one attached hydrogen (secondary N) is 1. The van der Waals surface area contributed by atoms with Crippen LogP contribution in [0.1, 0.15) is 11.8 Å². The number of nitrogens with zero attached hydrogens (tertiary/aromatic N) is 2. The smallest absolute Gasteiger partial charge is 0.196 e. The standard InChI is InChI=1S/C43H29N3O/c1-3-12-30(13-4-1)45-38-20-9-7-16-33(38)35-26-28(22-24-40(35)45)32-18-11-19-37-42(32)47-43(44-37)29-23-25-41-36(27-29)34-17-8-10-21-39(34)46(41)31-14-5-2-6-15-31/h1-27,43-44H. The first-order chi connectivity index (χ1) is 23.3. The Morgan fingerprint density at radius 1 is 0.447 bits per heavy atom. The molecule has 0 spiro atoms. The largest absolute Gasteiger partial charge is 0.464 e. The Hall–Kier alpha value is -6.26. The van der Waals surface area contributed by atoms with Crippen LogP contribution in [0.5, 0.6) is 5.75 Å². The minimum Gasteiger partial charge on any atom is -0.464 e. The third kappa shape index (κ3) is 3.95. The van der Waals surface area contributed by atoms with Crippen LogP contribution in [0, 0.1) is 0 Å². The third-order valence-corrected chi connectivity index (χ3v) is 9.55. The average Bonchev–Trinajstić information content (AvgIpc) is 3.82. The molecule has 0 radical (unpaired) electrons. The zero-order chi connectivity index (χ0) is 30.9. The van der Waals surface area contributed by atoms with E-state index in [-0.39, 0.29) is 6.23 Å². The SMILES string of the molecule is c1ccc(-n2c3ccccc3c3cc(-c4cccc5c4OC(c4ccc6c(c4)c4ccccc4n6-c4ccccc4)N5)ccc32)cc1. The summed E-state index contributed by atoms with van der Waals surface area (Å²) in [4.78, 5) is 0. The molecule has 1 atom stereocenters. The van der Waals surface area contributed by atoms with Crippen LogP contribution in [-0.2, 0) is 0 Å². The molecule has 47 heavy (non-hydrogen) atoms. The highest BCUT2D eigenvalue weighted by Gasteiger charge is 2.27. The van der Waals surface area contributed by atoms with E-state index in [9.17, 15) is 0 Å². The molecule has 1 N–H and O–H groups in total. The normalized spacial score (nSPS) is 14.1. The van der Waals surface area contributed by atoms with Gasteiger partial charge >= 0.3 is 0 Å². The van der Waals surface area contributed by atoms with Crippen LogP contribution in [0.15, 0.2) is 164 Å². The van der Waals surface area contributed by atoms with Crippen LogP contribution in [0.4, 0.5) is 5.69 Å². The maximum Gasteiger partial charge on any atom is 0.196 e. The minimum atomic E-state index is -0.293. The van der Waals surface area contributed by atoms with E-state index < -0.39 is 0 Å². The molecule has 4 nitrogen and oxygen atoms in total. The first-order valence-electron chi connectivity index (χ1n) is 16.1. The molecule has 0 aliphatic carbocycles. The Balaban J connectivity index is 1.06. The zero-order valence-corrected chi connectivity index (χ0v) is 25.5. The maximum absolute atomic E-state index is 6.78. The molecular formula is C43H29N3O. The van der Waals surface area contributed by atoms with Gasteiger partial charge in [0, 0.05) is 44.0 Å². The molecule has 0 fully saturated rings. The number of ether oxygens (including phenoxy) is 1. The molecule has 222 valence electrons. The molecule has 2 aromatic heterocycles. The van der Waals surface area contributed by atoms with E-state index in [4.69, 9.17) is 4.74 Å². The van der Waals surface area contributed by atoms with E-state index in [1.165, 1.54) is 43.6 Å². The van der Waals surface area contributed by atoms with E-state index in [1.54, 1.807) is 0 Å². The van der Waals surface area contributed by atoms with Gasteiger partial charge in [0.1, 0.15) is 0 Å². The molecule has 10 rings (SSSR count). The number of aromatic nitrogens is 2. The van der Waals surface area contributed by atoms with Gasteiger partial charge in [-0.3, -0.25) is 0 Å². The fourth-order valence-corrected chi connectivity index (χ4v) is 7.45. The van der Waals surface area contributed by atoms with Crippen LogP contribution in [0.25, 0.3) is 66.1 Å². The Morgan fingerprint density at radius 3 is 1.66 bits per heavy atom. The Labute approximate surface area is 271 Å². The lowest BCUT2D eigenvalue weighted by molar-refractivity contribution is 0.261. The molecule has 0 bridgehead atoms. The van der Waals surface area contributed by atoms with Crippen LogP contribution >= 0.6 is 0 Å². The number of para-hydroxylation sites is 5. The van der Waals surface area contributed by atoms with Crippen LogP contribution in [0.3, 0.4) is 0 Å². The number of rotatable bonds is 4. The van der Waals surface area contributed by atoms with Gasteiger partial charge in [0.25, 0.3) is 0 Å². The summed E-state index contributed by atoms with van der Waals surface area (Å²) in [6, 6.07) is 58.3. The lowest BCUT2D eigenvalue weighted by atomic mass is 10.0. The van der Waals surface area contributed by atoms with Gasteiger partial charge in [-0.2, -0.15) is 0 Å². The van der Waals surface area contributed by atoms with Crippen molar-refractivity contribution in [1.29, 1.82) is 0 Å². The fourth-order valence-electron chi connectivity index (χ4n) is 7.45. The highest BCUT2D eigenvalue weighted by Crippen LogP contribution is 2.46. The molecule has 1 aliphatic rings. The first kappa shape index (κ1) is 26.0. The number of fused-ring (bicyclic) bond motifs is 7. The first-order valence-corrected chi connectivity index (χ1v) is 16.1. The van der Waals surface area contributed by atoms with E-state index in [2.05, 4.69) is 178 Å². The van der Waals surface area contributed by atoms with Gasteiger partial charge in [0.2, 0.25) is 0 Å². The van der Waals surface area contributed by atoms with Crippen molar-refractivity contribution >= 4 is 49.3 Å². The molecule has 0 saturated carbocycles. The van der Waals surface area contributed by atoms with Gasteiger partial charge < -0.3 is 19.2 Å². The minimum absolute atomic E-state index is 0.293. The predicted octanol–water partition coefficient (Wildman–Crippen LogP) is 11.1. The summed E-state index contributed by atoms with van der Waals surface area (Å²) in [5.74, 6) is 0.885. The Morgan fingerprint density at radius 2 is 1.00 bits per heavy atom. The number of anilines is 1. The summed E-state index contributed by atoms with van der Waals surface area (Å²) < 4.78 is 11.5. The second-order valence-corrected chi connectivity index (χ2v) is 12.2. The summed E-state index contributed by atoms with van der Waals surface area (Å²) in [7, 11) is 0. The highest BCUT2D eigenvalue weighted by molar-refractivity contribution is 6.11. The van der Waals surface area contributed by atoms with E-state index in [0.717, 1.165) is 39.5 Å². The molecule has 4 heteroatoms.